The second-order valence-corrected chi connectivity index (χ2v) is 7.41. The van der Waals surface area contributed by atoms with Crippen LogP contribution in [0.1, 0.15) is 23.8 Å². The fourth-order valence-electron chi connectivity index (χ4n) is 2.94. The maximum atomic E-state index is 13.0. The molecule has 8 heteroatoms. The summed E-state index contributed by atoms with van der Waals surface area (Å²) < 4.78 is 0. The van der Waals surface area contributed by atoms with Crippen molar-refractivity contribution in [2.24, 2.45) is 0 Å². The normalized spacial score (nSPS) is 19.5. The summed E-state index contributed by atoms with van der Waals surface area (Å²) >= 11 is 7.44. The highest BCUT2D eigenvalue weighted by Crippen LogP contribution is 2.32. The third-order valence-electron chi connectivity index (χ3n) is 4.38. The minimum atomic E-state index is -1.17. The van der Waals surface area contributed by atoms with Gasteiger partial charge in [0, 0.05) is 9.90 Å². The molecule has 0 unspecified atom stereocenters. The van der Waals surface area contributed by atoms with Crippen molar-refractivity contribution in [3.8, 4) is 0 Å². The lowest BCUT2D eigenvalue weighted by Crippen LogP contribution is -2.44. The lowest BCUT2D eigenvalue weighted by molar-refractivity contribution is -0.135. The van der Waals surface area contributed by atoms with Gasteiger partial charge in [-0.2, -0.15) is 0 Å². The van der Waals surface area contributed by atoms with Crippen LogP contribution in [-0.4, -0.2) is 29.3 Å². The molecule has 1 aromatic heterocycles. The second kappa shape index (κ2) is 7.47. The number of amides is 4. The summed E-state index contributed by atoms with van der Waals surface area (Å²) in [6.07, 6.45) is 0.368. The highest BCUT2D eigenvalue weighted by atomic mass is 35.5. The predicted molar refractivity (Wildman–Crippen MR) is 99.8 cm³/mol. The van der Waals surface area contributed by atoms with E-state index in [-0.39, 0.29) is 12.5 Å². The van der Waals surface area contributed by atoms with Crippen LogP contribution in [0.4, 0.5) is 4.79 Å². The van der Waals surface area contributed by atoms with Crippen LogP contribution < -0.4 is 10.6 Å². The molecule has 1 saturated heterocycles. The zero-order valence-electron chi connectivity index (χ0n) is 14.1. The molecule has 0 aliphatic carbocycles. The average Bonchev–Trinajstić information content (AvgIpc) is 3.23. The van der Waals surface area contributed by atoms with Gasteiger partial charge < -0.3 is 10.6 Å². The van der Waals surface area contributed by atoms with Crippen molar-refractivity contribution in [2.75, 3.05) is 6.54 Å². The number of thiophene rings is 1. The highest BCUT2D eigenvalue weighted by Gasteiger charge is 2.51. The third-order valence-corrected chi connectivity index (χ3v) is 5.51. The molecule has 136 valence electrons. The molecule has 0 bridgehead atoms. The van der Waals surface area contributed by atoms with Crippen molar-refractivity contribution in [1.29, 1.82) is 0 Å². The van der Waals surface area contributed by atoms with E-state index in [1.807, 2.05) is 24.4 Å². The molecule has 0 saturated carbocycles. The maximum Gasteiger partial charge on any atom is 0.325 e. The molecule has 1 aromatic carbocycles. The Bertz CT molecular complexity index is 823. The van der Waals surface area contributed by atoms with Crippen molar-refractivity contribution in [3.05, 3.63) is 57.2 Å². The summed E-state index contributed by atoms with van der Waals surface area (Å²) in [6, 6.07) is 9.99. The summed E-state index contributed by atoms with van der Waals surface area (Å²) in [5.74, 6) is -0.816. The Labute approximate surface area is 160 Å². The molecule has 1 atom stereocenters. The van der Waals surface area contributed by atoms with Crippen molar-refractivity contribution < 1.29 is 14.4 Å². The minimum absolute atomic E-state index is 0.314. The molecule has 2 aromatic rings. The molecule has 6 nitrogen and oxygen atoms in total. The van der Waals surface area contributed by atoms with Crippen molar-refractivity contribution in [2.45, 2.75) is 25.4 Å². The zero-order chi connectivity index (χ0) is 18.7. The molecule has 2 heterocycles. The second-order valence-electron chi connectivity index (χ2n) is 5.94. The van der Waals surface area contributed by atoms with Crippen LogP contribution >= 0.6 is 22.9 Å². The molecule has 3 rings (SSSR count). The maximum absolute atomic E-state index is 13.0. The minimum Gasteiger partial charge on any atom is -0.350 e. The number of carbonyl (C=O) groups is 3. The molecule has 4 amide bonds. The van der Waals surface area contributed by atoms with Gasteiger partial charge in [-0.05, 0) is 35.6 Å². The highest BCUT2D eigenvalue weighted by molar-refractivity contribution is 7.09. The van der Waals surface area contributed by atoms with E-state index < -0.39 is 17.5 Å². The van der Waals surface area contributed by atoms with Gasteiger partial charge in [0.15, 0.2) is 0 Å². The molecule has 1 aliphatic rings. The van der Waals surface area contributed by atoms with Crippen molar-refractivity contribution in [3.63, 3.8) is 0 Å². The molecule has 0 radical (unpaired) electrons. The molecule has 0 spiro atoms. The van der Waals surface area contributed by atoms with Gasteiger partial charge in [-0.15, -0.1) is 11.3 Å². The van der Waals surface area contributed by atoms with Crippen LogP contribution in [0.15, 0.2) is 41.8 Å². The zero-order valence-corrected chi connectivity index (χ0v) is 15.7. The number of rotatable bonds is 6. The van der Waals surface area contributed by atoms with Gasteiger partial charge in [-0.3, -0.25) is 14.5 Å². The SMILES string of the molecule is CC[C@@]1(c2ccc(Cl)cc2)NC(=O)N(CC(=O)NCc2cccs2)C1=O. The average molecular weight is 392 g/mol. The van der Waals surface area contributed by atoms with Crippen molar-refractivity contribution in [1.82, 2.24) is 15.5 Å². The van der Waals surface area contributed by atoms with Crippen LogP contribution in [0.3, 0.4) is 0 Å². The first-order chi connectivity index (χ1) is 12.5. The third kappa shape index (κ3) is 3.45. The molecular weight excluding hydrogens is 374 g/mol. The first kappa shape index (κ1) is 18.4. The largest absolute Gasteiger partial charge is 0.350 e. The molecule has 2 N–H and O–H groups in total. The van der Waals surface area contributed by atoms with E-state index in [1.54, 1.807) is 24.3 Å². The Hall–Kier alpha value is -2.38. The van der Waals surface area contributed by atoms with Crippen molar-refractivity contribution >= 4 is 40.8 Å². The number of benzene rings is 1. The lowest BCUT2D eigenvalue weighted by Gasteiger charge is -2.25. The van der Waals surface area contributed by atoms with Gasteiger partial charge in [-0.1, -0.05) is 36.7 Å². The topological polar surface area (TPSA) is 78.5 Å². The summed E-state index contributed by atoms with van der Waals surface area (Å²) in [5, 5.41) is 7.93. The predicted octanol–water partition coefficient (Wildman–Crippen LogP) is 2.88. The van der Waals surface area contributed by atoms with Crippen LogP contribution in [0.5, 0.6) is 0 Å². The number of halogens is 1. The molecular formula is C18H18ClN3O3S. The number of nitrogens with zero attached hydrogens (tertiary/aromatic N) is 1. The molecule has 26 heavy (non-hydrogen) atoms. The van der Waals surface area contributed by atoms with Crippen LogP contribution in [-0.2, 0) is 21.7 Å². The lowest BCUT2D eigenvalue weighted by atomic mass is 9.87. The molecule has 1 aliphatic heterocycles. The standard InChI is InChI=1S/C18H18ClN3O3S/c1-2-18(12-5-7-13(19)8-6-12)16(24)22(17(25)21-18)11-15(23)20-10-14-4-3-9-26-14/h3-9H,2,10-11H2,1H3,(H,20,23)(H,21,25)/t18-/m0/s1. The van der Waals surface area contributed by atoms with Gasteiger partial charge >= 0.3 is 6.03 Å². The number of hydrogen-bond acceptors (Lipinski definition) is 4. The Morgan fingerprint density at radius 2 is 2.00 bits per heavy atom. The number of urea groups is 1. The van der Waals surface area contributed by atoms with E-state index in [0.29, 0.717) is 23.6 Å². The Kier molecular flexibility index (Phi) is 5.29. The number of nitrogens with one attached hydrogen (secondary N) is 2. The number of hydrogen-bond donors (Lipinski definition) is 2. The Balaban J connectivity index is 1.73. The first-order valence-corrected chi connectivity index (χ1v) is 9.41. The van der Waals surface area contributed by atoms with Gasteiger partial charge in [0.25, 0.3) is 5.91 Å². The fraction of sp³-hybridized carbons (Fsp3) is 0.278. The van der Waals surface area contributed by atoms with Gasteiger partial charge in [0.2, 0.25) is 5.91 Å². The Morgan fingerprint density at radius 3 is 2.62 bits per heavy atom. The van der Waals surface area contributed by atoms with Crippen LogP contribution in [0, 0.1) is 0 Å². The van der Waals surface area contributed by atoms with Gasteiger partial charge in [-0.25, -0.2) is 4.79 Å². The van der Waals surface area contributed by atoms with Crippen LogP contribution in [0.2, 0.25) is 5.02 Å². The first-order valence-electron chi connectivity index (χ1n) is 8.15. The van der Waals surface area contributed by atoms with E-state index >= 15 is 0 Å². The quantitative estimate of drug-likeness (QED) is 0.743. The smallest absolute Gasteiger partial charge is 0.325 e. The van der Waals surface area contributed by atoms with E-state index in [0.717, 1.165) is 9.78 Å². The Morgan fingerprint density at radius 1 is 1.27 bits per heavy atom. The van der Waals surface area contributed by atoms with Crippen LogP contribution in [0.25, 0.3) is 0 Å². The van der Waals surface area contributed by atoms with E-state index in [9.17, 15) is 14.4 Å². The summed E-state index contributed by atoms with van der Waals surface area (Å²) in [4.78, 5) is 39.4. The van der Waals surface area contributed by atoms with E-state index in [2.05, 4.69) is 10.6 Å². The summed E-state index contributed by atoms with van der Waals surface area (Å²) in [6.45, 7) is 1.87. The van der Waals surface area contributed by atoms with Gasteiger partial charge in [0.1, 0.15) is 12.1 Å². The van der Waals surface area contributed by atoms with Gasteiger partial charge in [0.05, 0.1) is 6.54 Å². The molecule has 1 fully saturated rings. The number of imide groups is 1. The fourth-order valence-corrected chi connectivity index (χ4v) is 3.71. The van der Waals surface area contributed by atoms with E-state index in [4.69, 9.17) is 11.6 Å². The summed E-state index contributed by atoms with van der Waals surface area (Å²) in [5.41, 5.74) is -0.528. The number of carbonyl (C=O) groups excluding carboxylic acids is 3. The van der Waals surface area contributed by atoms with E-state index in [1.165, 1.54) is 11.3 Å². The summed E-state index contributed by atoms with van der Waals surface area (Å²) in [7, 11) is 0. The monoisotopic (exact) mass is 391 g/mol.